The molecule has 1 aliphatic rings. The van der Waals surface area contributed by atoms with Crippen LogP contribution in [-0.4, -0.2) is 5.25 Å². The van der Waals surface area contributed by atoms with Crippen LogP contribution in [0.4, 0.5) is 0 Å². The van der Waals surface area contributed by atoms with Crippen LogP contribution in [0.25, 0.3) is 0 Å². The minimum Gasteiger partial charge on any atom is -0.0816 e. The summed E-state index contributed by atoms with van der Waals surface area (Å²) in [4.78, 5) is 1.63. The second-order valence-corrected chi connectivity index (χ2v) is 6.16. The standard InChI is InChI=1S/C11H20S2/c1-3-5-7-10-9-11(13-12-10)8-6-4-2/h9-10H,3-8H2,1-2H3. The fraction of sp³-hybridized carbons (Fsp3) is 0.818. The van der Waals surface area contributed by atoms with Gasteiger partial charge in [-0.05, 0) is 24.2 Å². The van der Waals surface area contributed by atoms with Crippen LogP contribution in [0.1, 0.15) is 52.4 Å². The lowest BCUT2D eigenvalue weighted by Crippen LogP contribution is -1.92. The molecule has 1 rings (SSSR count). The largest absolute Gasteiger partial charge is 0.0816 e. The summed E-state index contributed by atoms with van der Waals surface area (Å²) in [6.45, 7) is 4.54. The third-order valence-corrected chi connectivity index (χ3v) is 5.21. The summed E-state index contributed by atoms with van der Waals surface area (Å²) in [7, 11) is 4.08. The topological polar surface area (TPSA) is 0 Å². The molecule has 0 bridgehead atoms. The predicted molar refractivity (Wildman–Crippen MR) is 66.1 cm³/mol. The van der Waals surface area contributed by atoms with E-state index >= 15 is 0 Å². The first-order valence-corrected chi connectivity index (χ1v) is 7.62. The van der Waals surface area contributed by atoms with Crippen LogP contribution < -0.4 is 0 Å². The zero-order valence-corrected chi connectivity index (χ0v) is 10.3. The van der Waals surface area contributed by atoms with E-state index in [2.05, 4.69) is 30.7 Å². The van der Waals surface area contributed by atoms with E-state index in [0.29, 0.717) is 0 Å². The van der Waals surface area contributed by atoms with Crippen molar-refractivity contribution in [2.24, 2.45) is 0 Å². The van der Waals surface area contributed by atoms with Crippen molar-refractivity contribution in [2.75, 3.05) is 0 Å². The molecule has 0 amide bonds. The Bertz CT molecular complexity index is 163. The van der Waals surface area contributed by atoms with Crippen LogP contribution in [0.2, 0.25) is 0 Å². The van der Waals surface area contributed by atoms with E-state index in [1.165, 1.54) is 38.5 Å². The van der Waals surface area contributed by atoms with E-state index in [1.54, 1.807) is 4.91 Å². The molecular weight excluding hydrogens is 196 g/mol. The zero-order valence-electron chi connectivity index (χ0n) is 8.71. The summed E-state index contributed by atoms with van der Waals surface area (Å²) < 4.78 is 0. The summed E-state index contributed by atoms with van der Waals surface area (Å²) in [6, 6.07) is 0. The molecule has 0 radical (unpaired) electrons. The highest BCUT2D eigenvalue weighted by Crippen LogP contribution is 2.45. The van der Waals surface area contributed by atoms with E-state index in [9.17, 15) is 0 Å². The molecule has 0 fully saturated rings. The third kappa shape index (κ3) is 4.46. The van der Waals surface area contributed by atoms with Gasteiger partial charge in [-0.15, -0.1) is 0 Å². The Morgan fingerprint density at radius 2 is 2.00 bits per heavy atom. The number of hydrogen-bond donors (Lipinski definition) is 0. The summed E-state index contributed by atoms with van der Waals surface area (Å²) in [5, 5.41) is 0.816. The van der Waals surface area contributed by atoms with Crippen molar-refractivity contribution < 1.29 is 0 Å². The maximum atomic E-state index is 2.50. The van der Waals surface area contributed by atoms with Crippen LogP contribution in [0.15, 0.2) is 11.0 Å². The van der Waals surface area contributed by atoms with Crippen molar-refractivity contribution >= 4 is 21.6 Å². The molecule has 1 atom stereocenters. The molecular formula is C11H20S2. The minimum atomic E-state index is 0.816. The van der Waals surface area contributed by atoms with Crippen molar-refractivity contribution in [1.29, 1.82) is 0 Å². The molecule has 13 heavy (non-hydrogen) atoms. The average Bonchev–Trinajstić information content (AvgIpc) is 2.59. The van der Waals surface area contributed by atoms with Gasteiger partial charge in [0, 0.05) is 5.25 Å². The number of hydrogen-bond acceptors (Lipinski definition) is 2. The summed E-state index contributed by atoms with van der Waals surface area (Å²) >= 11 is 0. The molecule has 0 nitrogen and oxygen atoms in total. The molecule has 0 aromatic carbocycles. The van der Waals surface area contributed by atoms with E-state index in [-0.39, 0.29) is 0 Å². The number of allylic oxidation sites excluding steroid dienone is 1. The van der Waals surface area contributed by atoms with Crippen molar-refractivity contribution in [3.8, 4) is 0 Å². The van der Waals surface area contributed by atoms with Crippen LogP contribution in [0, 0.1) is 0 Å². The van der Waals surface area contributed by atoms with Gasteiger partial charge in [0.05, 0.1) is 0 Å². The van der Waals surface area contributed by atoms with Crippen LogP contribution in [-0.2, 0) is 0 Å². The Kier molecular flexibility index (Phi) is 6.05. The smallest absolute Gasteiger partial charge is 0.0345 e. The molecule has 0 N–H and O–H groups in total. The lowest BCUT2D eigenvalue weighted by atomic mass is 10.1. The first-order chi connectivity index (χ1) is 6.36. The average molecular weight is 216 g/mol. The fourth-order valence-corrected chi connectivity index (χ4v) is 4.28. The van der Waals surface area contributed by atoms with Crippen LogP contribution >= 0.6 is 21.6 Å². The van der Waals surface area contributed by atoms with E-state index in [1.807, 2.05) is 10.8 Å². The molecule has 0 aliphatic carbocycles. The van der Waals surface area contributed by atoms with Gasteiger partial charge < -0.3 is 0 Å². The van der Waals surface area contributed by atoms with Crippen molar-refractivity contribution in [3.63, 3.8) is 0 Å². The normalized spacial score (nSPS) is 22.0. The van der Waals surface area contributed by atoms with Gasteiger partial charge in [0.25, 0.3) is 0 Å². The summed E-state index contributed by atoms with van der Waals surface area (Å²) in [5.74, 6) is 0. The van der Waals surface area contributed by atoms with Crippen molar-refractivity contribution in [1.82, 2.24) is 0 Å². The Labute approximate surface area is 90.3 Å². The highest BCUT2D eigenvalue weighted by Gasteiger charge is 2.15. The second kappa shape index (κ2) is 6.83. The Hall–Kier alpha value is 0.440. The summed E-state index contributed by atoms with van der Waals surface area (Å²) in [6.07, 6.45) is 10.6. The lowest BCUT2D eigenvalue weighted by Gasteiger charge is -2.02. The maximum absolute atomic E-state index is 2.50. The van der Waals surface area contributed by atoms with Gasteiger partial charge in [0.1, 0.15) is 0 Å². The molecule has 0 spiro atoms. The maximum Gasteiger partial charge on any atom is 0.0345 e. The van der Waals surface area contributed by atoms with Gasteiger partial charge in [-0.2, -0.15) is 0 Å². The molecule has 0 aromatic rings. The van der Waals surface area contributed by atoms with Crippen LogP contribution in [0.5, 0.6) is 0 Å². The monoisotopic (exact) mass is 216 g/mol. The molecule has 1 unspecified atom stereocenters. The molecule has 2 heteroatoms. The zero-order chi connectivity index (χ0) is 9.52. The Morgan fingerprint density at radius 1 is 1.23 bits per heavy atom. The second-order valence-electron chi connectivity index (χ2n) is 3.60. The first-order valence-electron chi connectivity index (χ1n) is 5.40. The van der Waals surface area contributed by atoms with Gasteiger partial charge in [0.2, 0.25) is 0 Å². The quantitative estimate of drug-likeness (QED) is 0.572. The molecule has 0 saturated carbocycles. The molecule has 1 heterocycles. The van der Waals surface area contributed by atoms with Gasteiger partial charge in [-0.3, -0.25) is 0 Å². The number of rotatable bonds is 6. The van der Waals surface area contributed by atoms with Gasteiger partial charge in [0.15, 0.2) is 0 Å². The van der Waals surface area contributed by atoms with E-state index in [4.69, 9.17) is 0 Å². The van der Waals surface area contributed by atoms with Gasteiger partial charge in [-0.1, -0.05) is 60.8 Å². The fourth-order valence-electron chi connectivity index (χ4n) is 1.40. The first kappa shape index (κ1) is 11.5. The van der Waals surface area contributed by atoms with Crippen molar-refractivity contribution in [3.05, 3.63) is 11.0 Å². The Morgan fingerprint density at radius 3 is 2.69 bits per heavy atom. The molecule has 1 aliphatic heterocycles. The SMILES string of the molecule is CCCCC1=CC(CCCC)SS1. The lowest BCUT2D eigenvalue weighted by molar-refractivity contribution is 0.736. The third-order valence-electron chi connectivity index (χ3n) is 2.27. The van der Waals surface area contributed by atoms with Crippen LogP contribution in [0.3, 0.4) is 0 Å². The van der Waals surface area contributed by atoms with E-state index in [0.717, 1.165) is 5.25 Å². The molecule has 76 valence electrons. The van der Waals surface area contributed by atoms with Gasteiger partial charge in [-0.25, -0.2) is 0 Å². The highest BCUT2D eigenvalue weighted by atomic mass is 33.1. The van der Waals surface area contributed by atoms with Crippen molar-refractivity contribution in [2.45, 2.75) is 57.6 Å². The predicted octanol–water partition coefficient (Wildman–Crippen LogP) is 5.01. The highest BCUT2D eigenvalue weighted by molar-refractivity contribution is 8.78. The Balaban J connectivity index is 2.18. The van der Waals surface area contributed by atoms with E-state index < -0.39 is 0 Å². The molecule has 0 aromatic heterocycles. The van der Waals surface area contributed by atoms with Gasteiger partial charge >= 0.3 is 0 Å². The number of unbranched alkanes of at least 4 members (excludes halogenated alkanes) is 2. The molecule has 0 saturated heterocycles. The summed E-state index contributed by atoms with van der Waals surface area (Å²) in [5.41, 5.74) is 0. The minimum absolute atomic E-state index is 0.816.